The Morgan fingerprint density at radius 2 is 2.00 bits per heavy atom. The van der Waals surface area contributed by atoms with Gasteiger partial charge in [-0.1, -0.05) is 47.1 Å². The molecule has 2 aliphatic heterocycles. The van der Waals surface area contributed by atoms with E-state index in [0.29, 0.717) is 15.9 Å². The Morgan fingerprint density at radius 1 is 1.32 bits per heavy atom. The van der Waals surface area contributed by atoms with Crippen LogP contribution in [0, 0.1) is 12.8 Å². The summed E-state index contributed by atoms with van der Waals surface area (Å²) in [6.45, 7) is 5.33. The van der Waals surface area contributed by atoms with Crippen LogP contribution < -0.4 is 5.48 Å². The highest BCUT2D eigenvalue weighted by molar-refractivity contribution is 9.10. The molecular weight excluding hydrogens is 521 g/mol. The summed E-state index contributed by atoms with van der Waals surface area (Å²) >= 11 is 3.21. The number of aliphatic hydroxyl groups excluding tert-OH is 1. The number of hydrogen-bond acceptors (Lipinski definition) is 7. The van der Waals surface area contributed by atoms with E-state index in [4.69, 9.17) is 9.36 Å². The largest absolute Gasteiger partial charge is 0.445 e. The number of nitrogens with one attached hydrogen (secondary N) is 1. The van der Waals surface area contributed by atoms with Crippen molar-refractivity contribution in [1.82, 2.24) is 15.5 Å². The Bertz CT molecular complexity index is 1090. The molecule has 1 aromatic carbocycles. The van der Waals surface area contributed by atoms with E-state index in [-0.39, 0.29) is 30.3 Å². The van der Waals surface area contributed by atoms with Gasteiger partial charge in [-0.3, -0.25) is 4.79 Å². The molecule has 4 rings (SSSR count). The van der Waals surface area contributed by atoms with Crippen molar-refractivity contribution < 1.29 is 32.4 Å². The summed E-state index contributed by atoms with van der Waals surface area (Å²) < 4.78 is 48.6. The molecule has 8 nitrogen and oxygen atoms in total. The van der Waals surface area contributed by atoms with Crippen LogP contribution in [0.15, 0.2) is 44.3 Å². The number of aromatic nitrogens is 1. The summed E-state index contributed by atoms with van der Waals surface area (Å²) in [5.74, 6) is -1.14. The molecule has 0 aliphatic carbocycles. The van der Waals surface area contributed by atoms with Crippen molar-refractivity contribution in [3.8, 4) is 0 Å². The lowest BCUT2D eigenvalue weighted by Gasteiger charge is -2.29. The Labute approximate surface area is 202 Å². The lowest BCUT2D eigenvalue weighted by atomic mass is 9.91. The number of amidine groups is 1. The number of nitrogens with zero attached hydrogens (tertiary/aromatic N) is 3. The molecule has 0 spiro atoms. The van der Waals surface area contributed by atoms with Gasteiger partial charge in [0.15, 0.2) is 0 Å². The highest BCUT2D eigenvalue weighted by Gasteiger charge is 2.62. The zero-order valence-electron chi connectivity index (χ0n) is 18.6. The highest BCUT2D eigenvalue weighted by atomic mass is 79.9. The first kappa shape index (κ1) is 24.7. The van der Waals surface area contributed by atoms with Crippen molar-refractivity contribution in [1.29, 1.82) is 0 Å². The Morgan fingerprint density at radius 3 is 2.56 bits per heavy atom. The van der Waals surface area contributed by atoms with Crippen molar-refractivity contribution in [3.63, 3.8) is 0 Å². The lowest BCUT2D eigenvalue weighted by molar-refractivity contribution is -0.285. The van der Waals surface area contributed by atoms with E-state index in [1.165, 1.54) is 29.2 Å². The van der Waals surface area contributed by atoms with Crippen LogP contribution in [0.1, 0.15) is 43.2 Å². The molecule has 34 heavy (non-hydrogen) atoms. The first-order valence-electron chi connectivity index (χ1n) is 10.7. The second-order valence-corrected chi connectivity index (χ2v) is 9.75. The fourth-order valence-electron chi connectivity index (χ4n) is 4.33. The molecule has 184 valence electrons. The number of β-amino-alcohol motifs (C(OH)–C–C–N with tert-alkyl or cyclic N) is 1. The molecule has 1 fully saturated rings. The van der Waals surface area contributed by atoms with Gasteiger partial charge in [0, 0.05) is 29.1 Å². The maximum absolute atomic E-state index is 14.2. The third kappa shape index (κ3) is 4.34. The van der Waals surface area contributed by atoms with E-state index >= 15 is 0 Å². The number of hydroxylamine groups is 1. The second kappa shape index (κ2) is 8.97. The number of rotatable bonds is 5. The minimum Gasteiger partial charge on any atom is -0.391 e. The van der Waals surface area contributed by atoms with Crippen molar-refractivity contribution in [2.45, 2.75) is 57.2 Å². The van der Waals surface area contributed by atoms with Crippen LogP contribution in [-0.2, 0) is 15.4 Å². The van der Waals surface area contributed by atoms with Gasteiger partial charge in [-0.05, 0) is 25.0 Å². The number of aliphatic imine (C=N–C) groups is 1. The number of aliphatic hydroxyl groups is 1. The third-order valence-corrected chi connectivity index (χ3v) is 6.49. The standard InChI is InChI=1S/C22H24BrF3N4O4/c1-11(2)18(17-8-12(3)28-33-17)20(32)30-10-15(31)9-16(30)19-27-21(34-29-19,22(24,25)26)13-4-6-14(23)7-5-13/h4-8,11,15-16,18,31H,9-10H2,1-3H3,(H,27,29)/t15-,16+,18-,21+/m1/s1. The minimum atomic E-state index is -4.89. The van der Waals surface area contributed by atoms with Crippen LogP contribution in [0.3, 0.4) is 0 Å². The number of halogens is 4. The van der Waals surface area contributed by atoms with Gasteiger partial charge in [0.1, 0.15) is 17.5 Å². The van der Waals surface area contributed by atoms with Crippen LogP contribution in [0.2, 0.25) is 0 Å². The van der Waals surface area contributed by atoms with Crippen LogP contribution in [0.4, 0.5) is 13.2 Å². The first-order chi connectivity index (χ1) is 15.9. The van der Waals surface area contributed by atoms with E-state index in [9.17, 15) is 23.1 Å². The topological polar surface area (TPSA) is 100 Å². The molecule has 0 unspecified atom stereocenters. The van der Waals surface area contributed by atoms with Crippen LogP contribution in [0.25, 0.3) is 0 Å². The monoisotopic (exact) mass is 544 g/mol. The molecule has 2 aliphatic rings. The molecule has 0 radical (unpaired) electrons. The van der Waals surface area contributed by atoms with E-state index < -0.39 is 35.9 Å². The van der Waals surface area contributed by atoms with Crippen molar-refractivity contribution in [2.24, 2.45) is 10.9 Å². The summed E-state index contributed by atoms with van der Waals surface area (Å²) in [5, 5.41) is 14.2. The summed E-state index contributed by atoms with van der Waals surface area (Å²) in [6, 6.07) is 6.16. The molecule has 1 saturated heterocycles. The molecule has 3 heterocycles. The number of carbonyl (C=O) groups excluding carboxylic acids is 1. The van der Waals surface area contributed by atoms with Crippen LogP contribution >= 0.6 is 15.9 Å². The number of alkyl halides is 3. The van der Waals surface area contributed by atoms with Crippen molar-refractivity contribution >= 4 is 27.7 Å². The molecule has 0 bridgehead atoms. The van der Waals surface area contributed by atoms with E-state index in [0.717, 1.165) is 0 Å². The molecule has 12 heteroatoms. The van der Waals surface area contributed by atoms with Crippen molar-refractivity contribution in [2.75, 3.05) is 6.54 Å². The smallest absolute Gasteiger partial charge is 0.391 e. The Balaban J connectivity index is 1.70. The SMILES string of the molecule is Cc1cc([C@H](C(=O)N2C[C@H](O)C[C@H]2C2=N[C@](c3ccc(Br)cc3)(C(F)(F)F)ON2)C(C)C)on1. The number of amides is 1. The quantitative estimate of drug-likeness (QED) is 0.593. The van der Waals surface area contributed by atoms with Gasteiger partial charge in [-0.15, -0.1) is 0 Å². The Hall–Kier alpha value is -2.44. The summed E-state index contributed by atoms with van der Waals surface area (Å²) in [6.07, 6.45) is -5.81. The molecule has 2 N–H and O–H groups in total. The zero-order valence-corrected chi connectivity index (χ0v) is 20.2. The molecule has 2 aromatic rings. The number of aryl methyl sites for hydroxylation is 1. The van der Waals surface area contributed by atoms with Gasteiger partial charge < -0.3 is 14.5 Å². The second-order valence-electron chi connectivity index (χ2n) is 8.84. The van der Waals surface area contributed by atoms with E-state index in [1.807, 2.05) is 13.8 Å². The normalized spacial score (nSPS) is 26.0. The third-order valence-electron chi connectivity index (χ3n) is 5.96. The summed E-state index contributed by atoms with van der Waals surface area (Å²) in [7, 11) is 0. The number of hydrogen-bond donors (Lipinski definition) is 2. The predicted octanol–water partition coefficient (Wildman–Crippen LogP) is 3.80. The van der Waals surface area contributed by atoms with Gasteiger partial charge in [-0.2, -0.15) is 13.2 Å². The maximum Gasteiger partial charge on any atom is 0.445 e. The van der Waals surface area contributed by atoms with Gasteiger partial charge in [0.2, 0.25) is 5.91 Å². The number of benzene rings is 1. The average molecular weight is 545 g/mol. The fourth-order valence-corrected chi connectivity index (χ4v) is 4.59. The van der Waals surface area contributed by atoms with Gasteiger partial charge in [-0.25, -0.2) is 15.3 Å². The maximum atomic E-state index is 14.2. The average Bonchev–Trinajstić information content (AvgIpc) is 3.46. The predicted molar refractivity (Wildman–Crippen MR) is 118 cm³/mol. The van der Waals surface area contributed by atoms with E-state index in [1.54, 1.807) is 13.0 Å². The zero-order chi connectivity index (χ0) is 24.8. The van der Waals surface area contributed by atoms with Gasteiger partial charge in [0.05, 0.1) is 17.8 Å². The number of likely N-dealkylation sites (tertiary alicyclic amines) is 1. The van der Waals surface area contributed by atoms with Crippen LogP contribution in [0.5, 0.6) is 0 Å². The lowest BCUT2D eigenvalue weighted by Crippen LogP contribution is -2.47. The molecule has 0 saturated carbocycles. The van der Waals surface area contributed by atoms with E-state index in [2.05, 4.69) is 31.6 Å². The first-order valence-corrected chi connectivity index (χ1v) is 11.5. The number of carbonyl (C=O) groups is 1. The molecule has 1 amide bonds. The van der Waals surface area contributed by atoms with Gasteiger partial charge >= 0.3 is 11.9 Å². The molecular formula is C22H24BrF3N4O4. The highest BCUT2D eigenvalue weighted by Crippen LogP contribution is 2.46. The molecule has 4 atom stereocenters. The van der Waals surface area contributed by atoms with Gasteiger partial charge in [0.25, 0.3) is 0 Å². The molecule has 1 aromatic heterocycles. The van der Waals surface area contributed by atoms with Crippen molar-refractivity contribution in [3.05, 3.63) is 51.8 Å². The summed E-state index contributed by atoms with van der Waals surface area (Å²) in [4.78, 5) is 23.9. The fraction of sp³-hybridized carbons (Fsp3) is 0.500. The summed E-state index contributed by atoms with van der Waals surface area (Å²) in [5.41, 5.74) is -0.297. The Kier molecular flexibility index (Phi) is 6.51. The minimum absolute atomic E-state index is 0.00938. The van der Waals surface area contributed by atoms with Crippen LogP contribution in [-0.4, -0.2) is 51.8 Å².